The molecule has 0 aliphatic heterocycles. The SMILES string of the molecule is N#Cc1ccc(Br)cc1Nc1nc2ccc(N)cc2s1. The molecule has 4 nitrogen and oxygen atoms in total. The van der Waals surface area contributed by atoms with E-state index in [0.29, 0.717) is 11.3 Å². The summed E-state index contributed by atoms with van der Waals surface area (Å²) in [4.78, 5) is 4.48. The number of hydrogen-bond acceptors (Lipinski definition) is 5. The van der Waals surface area contributed by atoms with Crippen LogP contribution >= 0.6 is 27.3 Å². The Morgan fingerprint density at radius 2 is 2.10 bits per heavy atom. The zero-order valence-corrected chi connectivity index (χ0v) is 12.6. The first-order valence-corrected chi connectivity index (χ1v) is 7.39. The lowest BCUT2D eigenvalue weighted by Crippen LogP contribution is -1.92. The Bertz CT molecular complexity index is 835. The van der Waals surface area contributed by atoms with Crippen LogP contribution in [0, 0.1) is 11.3 Å². The highest BCUT2D eigenvalue weighted by molar-refractivity contribution is 9.10. The normalized spacial score (nSPS) is 10.4. The third-order valence-corrected chi connectivity index (χ3v) is 4.18. The van der Waals surface area contributed by atoms with Crippen molar-refractivity contribution in [1.82, 2.24) is 4.98 Å². The van der Waals surface area contributed by atoms with Crippen LogP contribution in [-0.2, 0) is 0 Å². The van der Waals surface area contributed by atoms with Crippen molar-refractivity contribution in [3.8, 4) is 6.07 Å². The monoisotopic (exact) mass is 344 g/mol. The van der Waals surface area contributed by atoms with E-state index < -0.39 is 0 Å². The number of benzene rings is 2. The van der Waals surface area contributed by atoms with Gasteiger partial charge in [-0.05, 0) is 36.4 Å². The molecular weight excluding hydrogens is 336 g/mol. The maximum absolute atomic E-state index is 9.12. The number of nitrogen functional groups attached to an aromatic ring is 1. The fraction of sp³-hybridized carbons (Fsp3) is 0. The Labute approximate surface area is 128 Å². The number of hydrogen-bond donors (Lipinski definition) is 2. The summed E-state index contributed by atoms with van der Waals surface area (Å²) in [5.41, 5.74) is 8.67. The molecule has 3 aromatic rings. The quantitative estimate of drug-likeness (QED) is 0.681. The first-order valence-electron chi connectivity index (χ1n) is 5.78. The van der Waals surface area contributed by atoms with Crippen molar-refractivity contribution in [3.05, 3.63) is 46.4 Å². The van der Waals surface area contributed by atoms with Crippen LogP contribution in [0.5, 0.6) is 0 Å². The molecule has 0 unspecified atom stereocenters. The Balaban J connectivity index is 2.01. The van der Waals surface area contributed by atoms with Gasteiger partial charge in [0.15, 0.2) is 5.13 Å². The predicted molar refractivity (Wildman–Crippen MR) is 86.2 cm³/mol. The van der Waals surface area contributed by atoms with Crippen molar-refractivity contribution in [2.45, 2.75) is 0 Å². The summed E-state index contributed by atoms with van der Waals surface area (Å²) in [6, 6.07) is 13.2. The van der Waals surface area contributed by atoms with E-state index >= 15 is 0 Å². The zero-order valence-electron chi connectivity index (χ0n) is 10.2. The van der Waals surface area contributed by atoms with Crippen molar-refractivity contribution in [2.75, 3.05) is 11.1 Å². The standard InChI is InChI=1S/C14H9BrN4S/c15-9-2-1-8(7-16)12(5-9)19-14-18-11-4-3-10(17)6-13(11)20-14/h1-6H,17H2,(H,18,19). The molecule has 0 bridgehead atoms. The lowest BCUT2D eigenvalue weighted by atomic mass is 10.2. The molecule has 2 aromatic carbocycles. The Hall–Kier alpha value is -2.10. The molecule has 0 saturated carbocycles. The summed E-state index contributed by atoms with van der Waals surface area (Å²) in [5, 5.41) is 13.0. The van der Waals surface area contributed by atoms with Crippen molar-refractivity contribution in [2.24, 2.45) is 0 Å². The number of fused-ring (bicyclic) bond motifs is 1. The molecule has 0 fully saturated rings. The van der Waals surface area contributed by atoms with Crippen molar-refractivity contribution in [3.63, 3.8) is 0 Å². The number of thiazole rings is 1. The average molecular weight is 345 g/mol. The number of halogens is 1. The lowest BCUT2D eigenvalue weighted by Gasteiger charge is -2.05. The van der Waals surface area contributed by atoms with Crippen LogP contribution in [0.2, 0.25) is 0 Å². The molecule has 3 N–H and O–H groups in total. The topological polar surface area (TPSA) is 74.7 Å². The first-order chi connectivity index (χ1) is 9.65. The van der Waals surface area contributed by atoms with Crippen molar-refractivity contribution >= 4 is 54.0 Å². The number of rotatable bonds is 2. The maximum atomic E-state index is 9.12. The number of nitriles is 1. The number of nitrogens with two attached hydrogens (primary N) is 1. The van der Waals surface area contributed by atoms with E-state index in [9.17, 15) is 0 Å². The molecule has 1 heterocycles. The lowest BCUT2D eigenvalue weighted by molar-refractivity contribution is 1.41. The van der Waals surface area contributed by atoms with Gasteiger partial charge in [0, 0.05) is 10.2 Å². The highest BCUT2D eigenvalue weighted by Gasteiger charge is 2.08. The molecule has 0 aliphatic rings. The van der Waals surface area contributed by atoms with Crippen LogP contribution in [0.25, 0.3) is 10.2 Å². The van der Waals surface area contributed by atoms with Crippen molar-refractivity contribution < 1.29 is 0 Å². The zero-order chi connectivity index (χ0) is 14.1. The van der Waals surface area contributed by atoms with Crippen LogP contribution in [-0.4, -0.2) is 4.98 Å². The smallest absolute Gasteiger partial charge is 0.188 e. The number of nitrogens with one attached hydrogen (secondary N) is 1. The molecule has 3 rings (SSSR count). The number of aromatic nitrogens is 1. The summed E-state index contributed by atoms with van der Waals surface area (Å²) in [7, 11) is 0. The minimum absolute atomic E-state index is 0.576. The highest BCUT2D eigenvalue weighted by atomic mass is 79.9. The van der Waals surface area contributed by atoms with E-state index in [4.69, 9.17) is 11.0 Å². The third kappa shape index (κ3) is 2.46. The summed E-state index contributed by atoms with van der Waals surface area (Å²) in [5.74, 6) is 0. The van der Waals surface area contributed by atoms with E-state index in [1.807, 2.05) is 30.3 Å². The molecule has 0 atom stereocenters. The number of nitrogens with zero attached hydrogens (tertiary/aromatic N) is 2. The largest absolute Gasteiger partial charge is 0.399 e. The second kappa shape index (κ2) is 5.12. The van der Waals surface area contributed by atoms with Crippen LogP contribution in [0.15, 0.2) is 40.9 Å². The molecule has 98 valence electrons. The van der Waals surface area contributed by atoms with Crippen LogP contribution < -0.4 is 11.1 Å². The number of anilines is 3. The van der Waals surface area contributed by atoms with E-state index in [1.165, 1.54) is 11.3 Å². The molecule has 6 heteroatoms. The summed E-state index contributed by atoms with van der Waals surface area (Å²) in [6.45, 7) is 0. The third-order valence-electron chi connectivity index (χ3n) is 2.76. The minimum atomic E-state index is 0.576. The van der Waals surface area contributed by atoms with Gasteiger partial charge in [-0.3, -0.25) is 0 Å². The van der Waals surface area contributed by atoms with Gasteiger partial charge in [0.05, 0.1) is 21.5 Å². The average Bonchev–Trinajstić information content (AvgIpc) is 2.80. The second-order valence-corrected chi connectivity index (χ2v) is 6.12. The Morgan fingerprint density at radius 1 is 1.25 bits per heavy atom. The molecule has 20 heavy (non-hydrogen) atoms. The highest BCUT2D eigenvalue weighted by Crippen LogP contribution is 2.31. The summed E-state index contributed by atoms with van der Waals surface area (Å²) >= 11 is 4.90. The van der Waals surface area contributed by atoms with Gasteiger partial charge in [-0.1, -0.05) is 27.3 Å². The maximum Gasteiger partial charge on any atom is 0.188 e. The second-order valence-electron chi connectivity index (χ2n) is 4.17. The van der Waals surface area contributed by atoms with E-state index in [0.717, 1.165) is 25.5 Å². The fourth-order valence-electron chi connectivity index (χ4n) is 1.83. The predicted octanol–water partition coefficient (Wildman–Crippen LogP) is 4.26. The van der Waals surface area contributed by atoms with Crippen LogP contribution in [0.3, 0.4) is 0 Å². The molecular formula is C14H9BrN4S. The van der Waals surface area contributed by atoms with Crippen molar-refractivity contribution in [1.29, 1.82) is 5.26 Å². The molecule has 0 aliphatic carbocycles. The summed E-state index contributed by atoms with van der Waals surface area (Å²) in [6.07, 6.45) is 0. The van der Waals surface area contributed by atoms with Gasteiger partial charge in [-0.15, -0.1) is 0 Å². The Kier molecular flexibility index (Phi) is 3.30. The molecule has 0 spiro atoms. The van der Waals surface area contributed by atoms with Gasteiger partial charge in [0.1, 0.15) is 6.07 Å². The molecule has 0 radical (unpaired) electrons. The van der Waals surface area contributed by atoms with Crippen LogP contribution in [0.1, 0.15) is 5.56 Å². The summed E-state index contributed by atoms with van der Waals surface area (Å²) < 4.78 is 1.92. The van der Waals surface area contributed by atoms with Gasteiger partial charge in [-0.25, -0.2) is 4.98 Å². The van der Waals surface area contributed by atoms with E-state index in [2.05, 4.69) is 32.3 Å². The van der Waals surface area contributed by atoms with E-state index in [1.54, 1.807) is 6.07 Å². The Morgan fingerprint density at radius 3 is 2.90 bits per heavy atom. The fourth-order valence-corrected chi connectivity index (χ4v) is 3.11. The molecule has 0 amide bonds. The molecule has 0 saturated heterocycles. The van der Waals surface area contributed by atoms with Gasteiger partial charge in [0.2, 0.25) is 0 Å². The van der Waals surface area contributed by atoms with Gasteiger partial charge >= 0.3 is 0 Å². The molecule has 1 aromatic heterocycles. The van der Waals surface area contributed by atoms with Gasteiger partial charge in [-0.2, -0.15) is 5.26 Å². The van der Waals surface area contributed by atoms with Gasteiger partial charge in [0.25, 0.3) is 0 Å². The van der Waals surface area contributed by atoms with Crippen LogP contribution in [0.4, 0.5) is 16.5 Å². The minimum Gasteiger partial charge on any atom is -0.399 e. The first kappa shape index (κ1) is 12.9. The van der Waals surface area contributed by atoms with Gasteiger partial charge < -0.3 is 11.1 Å². The van der Waals surface area contributed by atoms with E-state index in [-0.39, 0.29) is 0 Å².